The first-order chi connectivity index (χ1) is 12.3. The summed E-state index contributed by atoms with van der Waals surface area (Å²) in [5, 5.41) is -0.0513. The van der Waals surface area contributed by atoms with Crippen molar-refractivity contribution in [2.24, 2.45) is 5.73 Å². The molecule has 0 aromatic heterocycles. The molecule has 0 amide bonds. The molecule has 2 aromatic carbocycles. The first-order valence-electron chi connectivity index (χ1n) is 7.38. The molecule has 3 rings (SSSR count). The molecule has 0 saturated heterocycles. The van der Waals surface area contributed by atoms with E-state index in [-0.39, 0.29) is 10.6 Å². The van der Waals surface area contributed by atoms with E-state index < -0.39 is 45.2 Å². The van der Waals surface area contributed by atoms with Crippen molar-refractivity contribution in [1.82, 2.24) is 0 Å². The van der Waals surface area contributed by atoms with Crippen molar-refractivity contribution in [3.05, 3.63) is 82.1 Å². The van der Waals surface area contributed by atoms with E-state index in [9.17, 15) is 17.6 Å². The molecule has 1 atom stereocenters. The van der Waals surface area contributed by atoms with E-state index in [0.717, 1.165) is 12.1 Å². The van der Waals surface area contributed by atoms with E-state index in [4.69, 9.17) is 26.3 Å². The molecule has 136 valence electrons. The van der Waals surface area contributed by atoms with Crippen molar-refractivity contribution >= 4 is 27.5 Å². The van der Waals surface area contributed by atoms with Crippen LogP contribution in [0.4, 0.5) is 4.39 Å². The monoisotopic (exact) mass is 397 g/mol. The number of hydrogen-bond donors (Lipinski definition) is 1. The Balaban J connectivity index is 1.80. The lowest BCUT2D eigenvalue weighted by molar-refractivity contribution is -0.123. The van der Waals surface area contributed by atoms with Gasteiger partial charge in [0.2, 0.25) is 17.4 Å². The summed E-state index contributed by atoms with van der Waals surface area (Å²) in [7, 11) is -4.14. The van der Waals surface area contributed by atoms with Crippen LogP contribution in [0.2, 0.25) is 5.02 Å². The number of carbonyl (C=O) groups is 1. The van der Waals surface area contributed by atoms with Gasteiger partial charge >= 0.3 is 10.1 Å². The van der Waals surface area contributed by atoms with E-state index in [1.807, 2.05) is 0 Å². The average molecular weight is 398 g/mol. The fourth-order valence-electron chi connectivity index (χ4n) is 2.41. The second-order valence-electron chi connectivity index (χ2n) is 5.49. The standard InChI is InChI=1S/C17H13ClFNO5S/c18-13-8-11(19)6-7-12(13)15-14(21)16(17(20)24-15)25-26(22,23)9-10-4-2-1-3-5-10/h1-8,15H,9,20H2. The van der Waals surface area contributed by atoms with Crippen molar-refractivity contribution < 1.29 is 26.5 Å². The van der Waals surface area contributed by atoms with Crippen LogP contribution >= 0.6 is 11.6 Å². The normalized spacial score (nSPS) is 17.3. The smallest absolute Gasteiger partial charge is 0.313 e. The summed E-state index contributed by atoms with van der Waals surface area (Å²) in [6.07, 6.45) is -1.30. The minimum absolute atomic E-state index is 0.0513. The molecular weight excluding hydrogens is 385 g/mol. The number of halogens is 2. The highest BCUT2D eigenvalue weighted by atomic mass is 35.5. The highest BCUT2D eigenvalue weighted by Crippen LogP contribution is 2.36. The van der Waals surface area contributed by atoms with Gasteiger partial charge in [-0.2, -0.15) is 8.42 Å². The number of ether oxygens (including phenoxy) is 1. The van der Waals surface area contributed by atoms with Crippen molar-refractivity contribution in [2.75, 3.05) is 0 Å². The van der Waals surface area contributed by atoms with Gasteiger partial charge in [-0.25, -0.2) is 4.39 Å². The fourth-order valence-corrected chi connectivity index (χ4v) is 3.75. The molecule has 6 nitrogen and oxygen atoms in total. The van der Waals surface area contributed by atoms with Crippen molar-refractivity contribution in [1.29, 1.82) is 0 Å². The van der Waals surface area contributed by atoms with Gasteiger partial charge in [0, 0.05) is 5.56 Å². The predicted molar refractivity (Wildman–Crippen MR) is 91.6 cm³/mol. The van der Waals surface area contributed by atoms with Crippen LogP contribution in [0.1, 0.15) is 17.2 Å². The van der Waals surface area contributed by atoms with Crippen LogP contribution in [0.3, 0.4) is 0 Å². The number of Topliss-reactive ketones (excluding diaryl/α,β-unsaturated/α-hetero) is 1. The van der Waals surface area contributed by atoms with Gasteiger partial charge in [0.1, 0.15) is 11.6 Å². The molecule has 2 aromatic rings. The summed E-state index contributed by atoms with van der Waals surface area (Å²) in [5.41, 5.74) is 6.24. The molecule has 0 radical (unpaired) electrons. The molecular formula is C17H13ClFNO5S. The molecule has 1 heterocycles. The Morgan fingerprint density at radius 3 is 2.54 bits per heavy atom. The van der Waals surface area contributed by atoms with E-state index in [1.165, 1.54) is 6.07 Å². The quantitative estimate of drug-likeness (QED) is 0.779. The van der Waals surface area contributed by atoms with Crippen LogP contribution < -0.4 is 5.73 Å². The average Bonchev–Trinajstić information content (AvgIpc) is 2.83. The van der Waals surface area contributed by atoms with Crippen molar-refractivity contribution in [3.8, 4) is 0 Å². The number of nitrogens with two attached hydrogens (primary N) is 1. The molecule has 26 heavy (non-hydrogen) atoms. The number of rotatable bonds is 5. The molecule has 0 fully saturated rings. The van der Waals surface area contributed by atoms with Gasteiger partial charge in [-0.3, -0.25) is 4.79 Å². The van der Waals surface area contributed by atoms with Gasteiger partial charge in [-0.15, -0.1) is 0 Å². The predicted octanol–water partition coefficient (Wildman–Crippen LogP) is 2.79. The van der Waals surface area contributed by atoms with Crippen LogP contribution in [0.15, 0.2) is 60.2 Å². The molecule has 1 aliphatic heterocycles. The number of carbonyl (C=O) groups excluding carboxylic acids is 1. The summed E-state index contributed by atoms with van der Waals surface area (Å²) in [6.45, 7) is 0. The Morgan fingerprint density at radius 1 is 1.19 bits per heavy atom. The fraction of sp³-hybridized carbons (Fsp3) is 0.118. The van der Waals surface area contributed by atoms with Crippen LogP contribution in [-0.4, -0.2) is 14.2 Å². The maximum Gasteiger partial charge on any atom is 0.313 e. The van der Waals surface area contributed by atoms with Crippen molar-refractivity contribution in [2.45, 2.75) is 11.9 Å². The molecule has 0 bridgehead atoms. The first-order valence-corrected chi connectivity index (χ1v) is 9.34. The maximum atomic E-state index is 13.2. The van der Waals surface area contributed by atoms with E-state index >= 15 is 0 Å². The van der Waals surface area contributed by atoms with Crippen LogP contribution in [0, 0.1) is 5.82 Å². The Hall–Kier alpha value is -2.58. The summed E-state index contributed by atoms with van der Waals surface area (Å²) in [5.74, 6) is -2.94. The maximum absolute atomic E-state index is 13.2. The SMILES string of the molecule is NC1=C(OS(=O)(=O)Cc2ccccc2)C(=O)C(c2ccc(F)cc2Cl)O1. The highest BCUT2D eigenvalue weighted by Gasteiger charge is 2.40. The number of ketones is 1. The second kappa shape index (κ2) is 6.97. The van der Waals surface area contributed by atoms with Gasteiger partial charge in [-0.1, -0.05) is 48.0 Å². The summed E-state index contributed by atoms with van der Waals surface area (Å²) in [4.78, 5) is 12.5. The van der Waals surface area contributed by atoms with E-state index in [2.05, 4.69) is 0 Å². The number of benzene rings is 2. The van der Waals surface area contributed by atoms with Gasteiger partial charge in [0.25, 0.3) is 0 Å². The van der Waals surface area contributed by atoms with E-state index in [1.54, 1.807) is 30.3 Å². The molecule has 0 saturated carbocycles. The summed E-state index contributed by atoms with van der Waals surface area (Å²) in [6, 6.07) is 11.7. The minimum Gasteiger partial charge on any atom is -0.460 e. The first kappa shape index (κ1) is 18.2. The minimum atomic E-state index is -4.14. The van der Waals surface area contributed by atoms with Crippen LogP contribution in [0.5, 0.6) is 0 Å². The van der Waals surface area contributed by atoms with Crippen molar-refractivity contribution in [3.63, 3.8) is 0 Å². The molecule has 9 heteroatoms. The van der Waals surface area contributed by atoms with Crippen LogP contribution in [-0.2, 0) is 29.6 Å². The third-order valence-electron chi connectivity index (χ3n) is 3.57. The zero-order chi connectivity index (χ0) is 18.9. The van der Waals surface area contributed by atoms with Gasteiger partial charge in [0.05, 0.1) is 5.02 Å². The third-order valence-corrected chi connectivity index (χ3v) is 5.01. The lowest BCUT2D eigenvalue weighted by atomic mass is 10.1. The zero-order valence-corrected chi connectivity index (χ0v) is 14.8. The summed E-state index contributed by atoms with van der Waals surface area (Å²) < 4.78 is 47.7. The van der Waals surface area contributed by atoms with Crippen LogP contribution in [0.25, 0.3) is 0 Å². The van der Waals surface area contributed by atoms with E-state index in [0.29, 0.717) is 5.56 Å². The molecule has 1 unspecified atom stereocenters. The Kier molecular flexibility index (Phi) is 4.88. The second-order valence-corrected chi connectivity index (χ2v) is 7.47. The zero-order valence-electron chi connectivity index (χ0n) is 13.2. The molecule has 2 N–H and O–H groups in total. The molecule has 0 aliphatic carbocycles. The number of hydrogen-bond acceptors (Lipinski definition) is 6. The summed E-state index contributed by atoms with van der Waals surface area (Å²) >= 11 is 5.92. The Labute approximate surface area is 154 Å². The topological polar surface area (TPSA) is 95.7 Å². The lowest BCUT2D eigenvalue weighted by Crippen LogP contribution is -2.16. The molecule has 1 aliphatic rings. The Bertz CT molecular complexity index is 991. The van der Waals surface area contributed by atoms with Gasteiger partial charge < -0.3 is 14.7 Å². The van der Waals surface area contributed by atoms with Gasteiger partial charge in [-0.05, 0) is 17.7 Å². The lowest BCUT2D eigenvalue weighted by Gasteiger charge is -2.11. The molecule has 0 spiro atoms. The highest BCUT2D eigenvalue weighted by molar-refractivity contribution is 7.86. The van der Waals surface area contributed by atoms with Gasteiger partial charge in [0.15, 0.2) is 6.10 Å². The third kappa shape index (κ3) is 3.81. The Morgan fingerprint density at radius 2 is 1.88 bits per heavy atom. The largest absolute Gasteiger partial charge is 0.460 e.